The molecule has 1 aliphatic rings. The molecule has 0 unspecified atom stereocenters. The van der Waals surface area contributed by atoms with E-state index in [1.807, 2.05) is 19.2 Å². The number of anilines is 1. The van der Waals surface area contributed by atoms with Gasteiger partial charge < -0.3 is 24.1 Å². The van der Waals surface area contributed by atoms with Gasteiger partial charge in [0, 0.05) is 57.8 Å². The van der Waals surface area contributed by atoms with E-state index in [9.17, 15) is 0 Å². The quantitative estimate of drug-likeness (QED) is 0.337. The molecule has 0 amide bonds. The van der Waals surface area contributed by atoms with Crippen molar-refractivity contribution in [2.75, 3.05) is 31.7 Å². The predicted octanol–water partition coefficient (Wildman–Crippen LogP) is 4.80. The zero-order valence-electron chi connectivity index (χ0n) is 20.1. The van der Waals surface area contributed by atoms with Crippen molar-refractivity contribution in [1.29, 1.82) is 0 Å². The molecule has 4 heterocycles. The van der Waals surface area contributed by atoms with Crippen LogP contribution in [0.3, 0.4) is 0 Å². The highest BCUT2D eigenvalue weighted by atomic mass is 28.3. The Morgan fingerprint density at radius 3 is 2.76 bits per heavy atom. The standard InChI is InChI=1S/C24H35N5O3Si/c1-5-32-24-25-9-6-20(28-24)22-14-18-16-26-23(27-19-7-10-30-11-8-19)15-21(18)29(22)17-31-12-13-33(2,3)4/h6,9,14-16,19H,5,7-8,10-13,17H2,1-4H3,(H,26,27). The van der Waals surface area contributed by atoms with Crippen LogP contribution in [0.4, 0.5) is 5.82 Å². The van der Waals surface area contributed by atoms with E-state index in [0.717, 1.165) is 66.8 Å². The highest BCUT2D eigenvalue weighted by Gasteiger charge is 2.18. The zero-order chi connectivity index (χ0) is 23.3. The summed E-state index contributed by atoms with van der Waals surface area (Å²) in [7, 11) is -1.16. The molecule has 178 valence electrons. The number of hydrogen-bond acceptors (Lipinski definition) is 7. The number of aromatic nitrogens is 4. The van der Waals surface area contributed by atoms with Crippen molar-refractivity contribution >= 4 is 24.8 Å². The summed E-state index contributed by atoms with van der Waals surface area (Å²) in [6.07, 6.45) is 5.64. The van der Waals surface area contributed by atoms with Crippen molar-refractivity contribution in [3.63, 3.8) is 0 Å². The molecule has 0 aliphatic carbocycles. The van der Waals surface area contributed by atoms with Gasteiger partial charge in [-0.15, -0.1) is 0 Å². The first-order valence-electron chi connectivity index (χ1n) is 11.8. The third-order valence-corrected chi connectivity index (χ3v) is 7.45. The Labute approximate surface area is 196 Å². The average Bonchev–Trinajstić information content (AvgIpc) is 3.15. The molecular weight excluding hydrogens is 434 g/mol. The van der Waals surface area contributed by atoms with Crippen LogP contribution < -0.4 is 10.1 Å². The summed E-state index contributed by atoms with van der Waals surface area (Å²) < 4.78 is 19.3. The molecule has 33 heavy (non-hydrogen) atoms. The Morgan fingerprint density at radius 1 is 1.18 bits per heavy atom. The van der Waals surface area contributed by atoms with Crippen LogP contribution in [0.1, 0.15) is 19.8 Å². The fourth-order valence-electron chi connectivity index (χ4n) is 3.85. The van der Waals surface area contributed by atoms with Crippen LogP contribution in [0, 0.1) is 0 Å². The summed E-state index contributed by atoms with van der Waals surface area (Å²) in [4.78, 5) is 13.5. The van der Waals surface area contributed by atoms with E-state index >= 15 is 0 Å². The largest absolute Gasteiger partial charge is 0.464 e. The maximum absolute atomic E-state index is 6.16. The van der Waals surface area contributed by atoms with Crippen molar-refractivity contribution in [2.45, 2.75) is 58.2 Å². The van der Waals surface area contributed by atoms with Gasteiger partial charge in [-0.05, 0) is 37.9 Å². The average molecular weight is 470 g/mol. The molecule has 3 aromatic heterocycles. The van der Waals surface area contributed by atoms with Crippen LogP contribution in [-0.2, 0) is 16.2 Å². The van der Waals surface area contributed by atoms with Gasteiger partial charge in [0.2, 0.25) is 0 Å². The number of ether oxygens (including phenoxy) is 3. The van der Waals surface area contributed by atoms with Gasteiger partial charge in [0.05, 0.1) is 23.5 Å². The predicted molar refractivity (Wildman–Crippen MR) is 133 cm³/mol. The van der Waals surface area contributed by atoms with Crippen molar-refractivity contribution in [1.82, 2.24) is 19.5 Å². The Balaban J connectivity index is 1.65. The van der Waals surface area contributed by atoms with Gasteiger partial charge in [0.25, 0.3) is 0 Å². The van der Waals surface area contributed by atoms with Gasteiger partial charge >= 0.3 is 6.01 Å². The fraction of sp³-hybridized carbons (Fsp3) is 0.542. The van der Waals surface area contributed by atoms with Crippen LogP contribution in [0.15, 0.2) is 30.6 Å². The number of rotatable bonds is 10. The van der Waals surface area contributed by atoms with Crippen LogP contribution >= 0.6 is 0 Å². The van der Waals surface area contributed by atoms with Crippen LogP contribution in [0.5, 0.6) is 6.01 Å². The number of hydrogen-bond donors (Lipinski definition) is 1. The maximum atomic E-state index is 6.16. The Morgan fingerprint density at radius 2 is 2.00 bits per heavy atom. The second kappa shape index (κ2) is 10.6. The van der Waals surface area contributed by atoms with E-state index in [0.29, 0.717) is 25.4 Å². The van der Waals surface area contributed by atoms with Gasteiger partial charge in [-0.1, -0.05) is 19.6 Å². The highest BCUT2D eigenvalue weighted by molar-refractivity contribution is 6.76. The molecule has 0 aromatic carbocycles. The molecule has 1 fully saturated rings. The van der Waals surface area contributed by atoms with Crippen molar-refractivity contribution in [3.05, 3.63) is 30.6 Å². The number of pyridine rings is 1. The molecule has 3 aromatic rings. The van der Waals surface area contributed by atoms with E-state index in [4.69, 9.17) is 14.2 Å². The lowest BCUT2D eigenvalue weighted by Gasteiger charge is -2.23. The Kier molecular flexibility index (Phi) is 7.62. The fourth-order valence-corrected chi connectivity index (χ4v) is 4.61. The van der Waals surface area contributed by atoms with Crippen LogP contribution in [0.2, 0.25) is 25.7 Å². The lowest BCUT2D eigenvalue weighted by molar-refractivity contribution is 0.0903. The second-order valence-electron chi connectivity index (χ2n) is 9.62. The Bertz CT molecular complexity index is 1060. The number of nitrogens with one attached hydrogen (secondary N) is 1. The Hall–Kier alpha value is -2.49. The molecule has 0 bridgehead atoms. The zero-order valence-corrected chi connectivity index (χ0v) is 21.1. The second-order valence-corrected chi connectivity index (χ2v) is 15.2. The lowest BCUT2D eigenvalue weighted by atomic mass is 10.1. The van der Waals surface area contributed by atoms with Crippen molar-refractivity contribution < 1.29 is 14.2 Å². The molecule has 0 atom stereocenters. The maximum Gasteiger partial charge on any atom is 0.316 e. The molecule has 1 aliphatic heterocycles. The topological polar surface area (TPSA) is 83.3 Å². The normalized spacial score (nSPS) is 15.2. The summed E-state index contributed by atoms with van der Waals surface area (Å²) in [6.45, 7) is 12.3. The third kappa shape index (κ3) is 6.30. The molecule has 4 rings (SSSR count). The summed E-state index contributed by atoms with van der Waals surface area (Å²) in [5.41, 5.74) is 2.84. The van der Waals surface area contributed by atoms with Crippen LogP contribution in [0.25, 0.3) is 22.3 Å². The molecule has 1 N–H and O–H groups in total. The third-order valence-electron chi connectivity index (χ3n) is 5.75. The molecule has 1 saturated heterocycles. The summed E-state index contributed by atoms with van der Waals surface area (Å²) in [5, 5.41) is 4.63. The minimum absolute atomic E-state index is 0.381. The first-order chi connectivity index (χ1) is 15.9. The molecule has 8 nitrogen and oxygen atoms in total. The van der Waals surface area contributed by atoms with E-state index in [2.05, 4.69) is 56.6 Å². The smallest absolute Gasteiger partial charge is 0.316 e. The first-order valence-corrected chi connectivity index (χ1v) is 15.5. The van der Waals surface area contributed by atoms with Gasteiger partial charge in [-0.2, -0.15) is 4.98 Å². The van der Waals surface area contributed by atoms with Gasteiger partial charge in [-0.25, -0.2) is 9.97 Å². The SMILES string of the molecule is CCOc1nccc(-c2cc3cnc(NC4CCOCC4)cc3n2COCC[Si](C)(C)C)n1. The molecular formula is C24H35N5O3Si. The first kappa shape index (κ1) is 23.7. The summed E-state index contributed by atoms with van der Waals surface area (Å²) in [5.74, 6) is 0.875. The summed E-state index contributed by atoms with van der Waals surface area (Å²) in [6, 6.07) is 8.02. The molecule has 9 heteroatoms. The number of fused-ring (bicyclic) bond motifs is 1. The molecule has 0 spiro atoms. The molecule has 0 radical (unpaired) electrons. The number of nitrogens with zero attached hydrogens (tertiary/aromatic N) is 4. The van der Waals surface area contributed by atoms with Crippen molar-refractivity contribution in [2.24, 2.45) is 0 Å². The molecule has 0 saturated carbocycles. The van der Waals surface area contributed by atoms with Crippen LogP contribution in [-0.4, -0.2) is 60.1 Å². The lowest BCUT2D eigenvalue weighted by Crippen LogP contribution is -2.28. The van der Waals surface area contributed by atoms with E-state index in [1.54, 1.807) is 6.20 Å². The van der Waals surface area contributed by atoms with Gasteiger partial charge in [0.15, 0.2) is 0 Å². The van der Waals surface area contributed by atoms with Gasteiger partial charge in [-0.3, -0.25) is 0 Å². The minimum atomic E-state index is -1.16. The summed E-state index contributed by atoms with van der Waals surface area (Å²) >= 11 is 0. The highest BCUT2D eigenvalue weighted by Crippen LogP contribution is 2.29. The van der Waals surface area contributed by atoms with E-state index < -0.39 is 8.07 Å². The van der Waals surface area contributed by atoms with E-state index in [-0.39, 0.29) is 0 Å². The van der Waals surface area contributed by atoms with E-state index in [1.165, 1.54) is 0 Å². The minimum Gasteiger partial charge on any atom is -0.464 e. The monoisotopic (exact) mass is 469 g/mol. The van der Waals surface area contributed by atoms with Gasteiger partial charge in [0.1, 0.15) is 12.5 Å². The van der Waals surface area contributed by atoms with Crippen molar-refractivity contribution in [3.8, 4) is 17.4 Å².